The van der Waals surface area contributed by atoms with Gasteiger partial charge in [0.25, 0.3) is 0 Å². The van der Waals surface area contributed by atoms with Crippen molar-refractivity contribution >= 4 is 0 Å². The zero-order chi connectivity index (χ0) is 17.4. The Kier molecular flexibility index (Phi) is 2.57. The second kappa shape index (κ2) is 4.14. The molecule has 25 heavy (non-hydrogen) atoms. The van der Waals surface area contributed by atoms with Crippen molar-refractivity contribution in [3.05, 3.63) is 11.8 Å². The van der Waals surface area contributed by atoms with E-state index in [0.29, 0.717) is 23.0 Å². The number of methoxy groups -OCH3 is 1. The van der Waals surface area contributed by atoms with Crippen LogP contribution in [0.4, 0.5) is 0 Å². The summed E-state index contributed by atoms with van der Waals surface area (Å²) in [7, 11) is 1.69. The lowest BCUT2D eigenvalue weighted by Gasteiger charge is -2.61. The number of aliphatic hydroxyl groups is 2. The van der Waals surface area contributed by atoms with Gasteiger partial charge in [-0.15, -0.1) is 0 Å². The summed E-state index contributed by atoms with van der Waals surface area (Å²) in [5.41, 5.74) is -0.578. The standard InChI is InChI=1S/C22H32O3/c1-19-11-13-8-14-5-4-12-6-7-21(14,10-12)20(19,2)17(13)18-15(23)9-16(25-3)22(18,19)24/h9,12-14,16-18,23-24H,4-8,10-11H2,1-3H3/t12-,13-,14-,16+,17-,18+,19-,20-,21-,22+/m0/s1. The van der Waals surface area contributed by atoms with E-state index in [0.717, 1.165) is 18.3 Å². The monoisotopic (exact) mass is 344 g/mol. The fourth-order valence-electron chi connectivity index (χ4n) is 10.3. The lowest BCUT2D eigenvalue weighted by Crippen LogP contribution is -2.60. The van der Waals surface area contributed by atoms with E-state index in [1.165, 1.54) is 38.5 Å². The molecule has 1 spiro atoms. The summed E-state index contributed by atoms with van der Waals surface area (Å²) in [5, 5.41) is 23.0. The van der Waals surface area contributed by atoms with Crippen molar-refractivity contribution < 1.29 is 14.9 Å². The Balaban J connectivity index is 1.60. The third kappa shape index (κ3) is 1.24. The molecule has 0 amide bonds. The van der Waals surface area contributed by atoms with E-state index in [2.05, 4.69) is 13.8 Å². The molecule has 0 heterocycles. The molecule has 0 aromatic rings. The van der Waals surface area contributed by atoms with Crippen LogP contribution < -0.4 is 0 Å². The third-order valence-electron chi connectivity index (χ3n) is 11.0. The second-order valence-corrected chi connectivity index (χ2v) is 10.9. The molecule has 5 saturated carbocycles. The molecule has 0 saturated heterocycles. The van der Waals surface area contributed by atoms with Crippen molar-refractivity contribution in [2.75, 3.05) is 7.11 Å². The maximum Gasteiger partial charge on any atom is 0.110 e. The Morgan fingerprint density at radius 2 is 1.96 bits per heavy atom. The molecule has 0 unspecified atom stereocenters. The van der Waals surface area contributed by atoms with Crippen LogP contribution in [0.5, 0.6) is 0 Å². The minimum absolute atomic E-state index is 0.109. The molecule has 6 aliphatic carbocycles. The SMILES string of the molecule is CO[C@@H]1C=C(O)[C@@H]2[C@@H]3[C@H]4C[C@@H]5CC[C@H]6CC[C@@]5(C6)[C@]3(C)[C@](C)(C4)[C@]21O. The van der Waals surface area contributed by atoms with Crippen molar-refractivity contribution in [3.8, 4) is 0 Å². The van der Waals surface area contributed by atoms with Crippen molar-refractivity contribution in [3.63, 3.8) is 0 Å². The first-order valence-electron chi connectivity index (χ1n) is 10.5. The molecule has 6 bridgehead atoms. The molecule has 5 fully saturated rings. The molecule has 3 heteroatoms. The summed E-state index contributed by atoms with van der Waals surface area (Å²) in [6.45, 7) is 4.88. The maximum absolute atomic E-state index is 12.1. The van der Waals surface area contributed by atoms with E-state index >= 15 is 0 Å². The summed E-state index contributed by atoms with van der Waals surface area (Å²) in [6, 6.07) is 0. The molecule has 2 N–H and O–H groups in total. The Morgan fingerprint density at radius 1 is 1.16 bits per heavy atom. The fourth-order valence-corrected chi connectivity index (χ4v) is 10.3. The summed E-state index contributed by atoms with van der Waals surface area (Å²) >= 11 is 0. The van der Waals surface area contributed by atoms with E-state index in [-0.39, 0.29) is 22.9 Å². The predicted molar refractivity (Wildman–Crippen MR) is 94.9 cm³/mol. The minimum atomic E-state index is -0.930. The van der Waals surface area contributed by atoms with Gasteiger partial charge in [0.15, 0.2) is 0 Å². The van der Waals surface area contributed by atoms with Gasteiger partial charge in [0.1, 0.15) is 11.7 Å². The normalized spacial score (nSPS) is 66.5. The number of ether oxygens (including phenoxy) is 1. The van der Waals surface area contributed by atoms with Crippen LogP contribution in [0.3, 0.4) is 0 Å². The summed E-state index contributed by atoms with van der Waals surface area (Å²) in [6.07, 6.45) is 10.8. The van der Waals surface area contributed by atoms with Crippen LogP contribution in [0.25, 0.3) is 0 Å². The van der Waals surface area contributed by atoms with E-state index in [4.69, 9.17) is 4.74 Å². The molecular weight excluding hydrogens is 312 g/mol. The molecule has 0 aromatic heterocycles. The molecule has 0 aromatic carbocycles. The van der Waals surface area contributed by atoms with E-state index in [9.17, 15) is 10.2 Å². The van der Waals surface area contributed by atoms with Gasteiger partial charge in [-0.1, -0.05) is 20.3 Å². The van der Waals surface area contributed by atoms with E-state index in [1.54, 1.807) is 7.11 Å². The van der Waals surface area contributed by atoms with Gasteiger partial charge < -0.3 is 14.9 Å². The number of hydrogen-bond acceptors (Lipinski definition) is 3. The smallest absolute Gasteiger partial charge is 0.110 e. The molecule has 6 aliphatic rings. The van der Waals surface area contributed by atoms with Crippen LogP contribution >= 0.6 is 0 Å². The largest absolute Gasteiger partial charge is 0.512 e. The quantitative estimate of drug-likeness (QED) is 0.754. The average molecular weight is 344 g/mol. The van der Waals surface area contributed by atoms with Gasteiger partial charge in [-0.2, -0.15) is 0 Å². The third-order valence-corrected chi connectivity index (χ3v) is 11.0. The Labute approximate surface area is 150 Å². The summed E-state index contributed by atoms with van der Waals surface area (Å²) in [5.74, 6) is 3.15. The minimum Gasteiger partial charge on any atom is -0.512 e. The van der Waals surface area contributed by atoms with Gasteiger partial charge in [0.2, 0.25) is 0 Å². The Bertz CT molecular complexity index is 687. The fraction of sp³-hybridized carbons (Fsp3) is 0.909. The lowest BCUT2D eigenvalue weighted by molar-refractivity contribution is -0.187. The van der Waals surface area contributed by atoms with Crippen molar-refractivity contribution in [1.29, 1.82) is 0 Å². The highest BCUT2D eigenvalue weighted by atomic mass is 16.5. The maximum atomic E-state index is 12.1. The molecular formula is C22H32O3. The van der Waals surface area contributed by atoms with Crippen LogP contribution in [0, 0.1) is 45.8 Å². The molecule has 10 atom stereocenters. The van der Waals surface area contributed by atoms with E-state index < -0.39 is 5.60 Å². The van der Waals surface area contributed by atoms with Crippen LogP contribution in [-0.4, -0.2) is 29.0 Å². The number of hydrogen-bond donors (Lipinski definition) is 2. The van der Waals surface area contributed by atoms with Crippen molar-refractivity contribution in [2.24, 2.45) is 45.8 Å². The number of fused-ring (bicyclic) bond motifs is 3. The summed E-state index contributed by atoms with van der Waals surface area (Å²) < 4.78 is 5.74. The van der Waals surface area contributed by atoms with Crippen LogP contribution in [0.1, 0.15) is 58.8 Å². The van der Waals surface area contributed by atoms with Crippen LogP contribution in [-0.2, 0) is 4.74 Å². The molecule has 6 rings (SSSR count). The van der Waals surface area contributed by atoms with Crippen LogP contribution in [0.15, 0.2) is 11.8 Å². The second-order valence-electron chi connectivity index (χ2n) is 10.9. The first kappa shape index (κ1) is 15.5. The highest BCUT2D eigenvalue weighted by Gasteiger charge is 2.87. The highest BCUT2D eigenvalue weighted by Crippen LogP contribution is 2.88. The lowest BCUT2D eigenvalue weighted by atomic mass is 9.43. The summed E-state index contributed by atoms with van der Waals surface area (Å²) in [4.78, 5) is 0. The number of rotatable bonds is 1. The van der Waals surface area contributed by atoms with Gasteiger partial charge in [-0.05, 0) is 79.1 Å². The average Bonchev–Trinajstić information content (AvgIpc) is 3.16. The Hall–Kier alpha value is -0.540. The zero-order valence-electron chi connectivity index (χ0n) is 15.8. The molecule has 0 aliphatic heterocycles. The predicted octanol–water partition coefficient (Wildman–Crippen LogP) is 4.07. The zero-order valence-corrected chi connectivity index (χ0v) is 15.8. The van der Waals surface area contributed by atoms with Gasteiger partial charge in [0, 0.05) is 12.5 Å². The van der Waals surface area contributed by atoms with Crippen molar-refractivity contribution in [2.45, 2.75) is 70.5 Å². The van der Waals surface area contributed by atoms with Gasteiger partial charge >= 0.3 is 0 Å². The molecule has 0 radical (unpaired) electrons. The number of aliphatic hydroxyl groups excluding tert-OH is 1. The van der Waals surface area contributed by atoms with Crippen LogP contribution in [0.2, 0.25) is 0 Å². The highest BCUT2D eigenvalue weighted by molar-refractivity contribution is 5.41. The molecule has 3 nitrogen and oxygen atoms in total. The van der Waals surface area contributed by atoms with Gasteiger partial charge in [0.05, 0.1) is 11.7 Å². The Morgan fingerprint density at radius 3 is 2.72 bits per heavy atom. The first-order valence-corrected chi connectivity index (χ1v) is 10.5. The van der Waals surface area contributed by atoms with E-state index in [1.807, 2.05) is 6.08 Å². The first-order chi connectivity index (χ1) is 11.8. The van der Waals surface area contributed by atoms with Gasteiger partial charge in [-0.3, -0.25) is 0 Å². The van der Waals surface area contributed by atoms with Gasteiger partial charge in [-0.25, -0.2) is 0 Å². The topological polar surface area (TPSA) is 49.7 Å². The van der Waals surface area contributed by atoms with Crippen molar-refractivity contribution in [1.82, 2.24) is 0 Å². The molecule has 138 valence electrons.